The maximum atomic E-state index is 12.7. The van der Waals surface area contributed by atoms with Crippen molar-refractivity contribution in [2.75, 3.05) is 13.1 Å². The van der Waals surface area contributed by atoms with Crippen molar-refractivity contribution in [1.29, 1.82) is 0 Å². The van der Waals surface area contributed by atoms with Crippen molar-refractivity contribution < 1.29 is 9.59 Å². The number of carbonyl (C=O) groups excluding carboxylic acids is 2. The topological polar surface area (TPSA) is 50.3 Å². The molecule has 4 rings (SSSR count). The number of thiophene rings is 1. The first-order chi connectivity index (χ1) is 14.7. The van der Waals surface area contributed by atoms with E-state index < -0.39 is 0 Å². The molecule has 0 radical (unpaired) electrons. The van der Waals surface area contributed by atoms with E-state index in [0.717, 1.165) is 72.5 Å². The fourth-order valence-corrected chi connectivity index (χ4v) is 6.09. The van der Waals surface area contributed by atoms with Crippen LogP contribution in [0.4, 0.5) is 0 Å². The summed E-state index contributed by atoms with van der Waals surface area (Å²) in [6.07, 6.45) is 17.1. The number of Topliss-reactive ketones (excluding diaryl/α,β-unsaturated/α-hetero) is 1. The highest BCUT2D eigenvalue weighted by molar-refractivity contribution is 7.20. The number of hydrogen-bond acceptors (Lipinski definition) is 4. The van der Waals surface area contributed by atoms with Crippen molar-refractivity contribution >= 4 is 33.1 Å². The Kier molecular flexibility index (Phi) is 7.53. The fourth-order valence-electron chi connectivity index (χ4n) is 5.09. The molecule has 2 aromatic rings. The number of fused-ring (bicyclic) bond motifs is 1. The lowest BCUT2D eigenvalue weighted by molar-refractivity contribution is -0.138. The van der Waals surface area contributed by atoms with E-state index in [2.05, 4.69) is 9.88 Å². The lowest BCUT2D eigenvalue weighted by atomic mass is 9.86. The van der Waals surface area contributed by atoms with Crippen LogP contribution in [-0.4, -0.2) is 34.7 Å². The Labute approximate surface area is 184 Å². The van der Waals surface area contributed by atoms with Crippen molar-refractivity contribution in [1.82, 2.24) is 9.88 Å². The van der Waals surface area contributed by atoms with E-state index in [0.29, 0.717) is 18.2 Å². The number of unbranched alkanes of at least 4 members (excludes halogenated alkanes) is 2. The molecule has 1 amide bonds. The number of likely N-dealkylation sites (tertiary alicyclic amines) is 1. The molecule has 2 fully saturated rings. The normalized spacial score (nSPS) is 18.7. The zero-order chi connectivity index (χ0) is 20.8. The predicted octanol–water partition coefficient (Wildman–Crippen LogP) is 6.25. The number of piperidine rings is 1. The van der Waals surface area contributed by atoms with Crippen molar-refractivity contribution in [3.63, 3.8) is 0 Å². The first-order valence-corrected chi connectivity index (χ1v) is 12.7. The average Bonchev–Trinajstić information content (AvgIpc) is 3.24. The Hall–Kier alpha value is -1.75. The molecule has 5 heteroatoms. The van der Waals surface area contributed by atoms with Crippen LogP contribution in [0.25, 0.3) is 10.1 Å². The van der Waals surface area contributed by atoms with Gasteiger partial charge in [-0.2, -0.15) is 0 Å². The number of amides is 1. The Balaban J connectivity index is 1.10. The predicted molar refractivity (Wildman–Crippen MR) is 123 cm³/mol. The number of pyridine rings is 1. The molecule has 0 bridgehead atoms. The zero-order valence-electron chi connectivity index (χ0n) is 18.0. The van der Waals surface area contributed by atoms with Gasteiger partial charge in [0, 0.05) is 37.8 Å². The summed E-state index contributed by atoms with van der Waals surface area (Å²) in [5.74, 6) is 1.77. The summed E-state index contributed by atoms with van der Waals surface area (Å²) in [4.78, 5) is 32.3. The van der Waals surface area contributed by atoms with Gasteiger partial charge < -0.3 is 4.90 Å². The summed E-state index contributed by atoms with van der Waals surface area (Å²) in [6, 6.07) is 3.98. The van der Waals surface area contributed by atoms with E-state index in [4.69, 9.17) is 0 Å². The summed E-state index contributed by atoms with van der Waals surface area (Å²) in [6.45, 7) is 1.92. The molecule has 162 valence electrons. The highest BCUT2D eigenvalue weighted by Crippen LogP contribution is 2.29. The number of carbonyl (C=O) groups is 2. The quantitative estimate of drug-likeness (QED) is 0.370. The van der Waals surface area contributed by atoms with Gasteiger partial charge >= 0.3 is 0 Å². The van der Waals surface area contributed by atoms with Crippen molar-refractivity contribution in [2.24, 2.45) is 11.8 Å². The van der Waals surface area contributed by atoms with Crippen LogP contribution in [0, 0.1) is 11.8 Å². The lowest BCUT2D eigenvalue weighted by Crippen LogP contribution is -2.42. The van der Waals surface area contributed by atoms with Gasteiger partial charge in [-0.05, 0) is 55.5 Å². The second-order valence-corrected chi connectivity index (χ2v) is 10.2. The second-order valence-electron chi connectivity index (χ2n) is 9.15. The molecule has 2 aromatic heterocycles. The molecular formula is C25H34N2O2S. The Morgan fingerprint density at radius 2 is 1.83 bits per heavy atom. The van der Waals surface area contributed by atoms with E-state index >= 15 is 0 Å². The van der Waals surface area contributed by atoms with Crippen molar-refractivity contribution in [3.05, 3.63) is 29.4 Å². The third-order valence-electron chi connectivity index (χ3n) is 6.99. The van der Waals surface area contributed by atoms with E-state index in [1.807, 2.05) is 18.3 Å². The van der Waals surface area contributed by atoms with Crippen LogP contribution >= 0.6 is 11.3 Å². The van der Waals surface area contributed by atoms with Crippen LogP contribution in [0.5, 0.6) is 0 Å². The SMILES string of the molecule is O=C(CCCCCC1CCN(C(=O)C2CCCCC2)CC1)c1cc2ccncc2s1. The van der Waals surface area contributed by atoms with E-state index in [9.17, 15) is 9.59 Å². The van der Waals surface area contributed by atoms with Gasteiger partial charge in [0.15, 0.2) is 5.78 Å². The molecule has 1 aliphatic heterocycles. The molecule has 2 aliphatic rings. The maximum Gasteiger partial charge on any atom is 0.225 e. The Morgan fingerprint density at radius 1 is 1.03 bits per heavy atom. The van der Waals surface area contributed by atoms with E-state index in [1.165, 1.54) is 32.1 Å². The maximum absolute atomic E-state index is 12.7. The smallest absolute Gasteiger partial charge is 0.225 e. The average molecular weight is 427 g/mol. The third-order valence-corrected chi connectivity index (χ3v) is 8.12. The van der Waals surface area contributed by atoms with E-state index in [-0.39, 0.29) is 5.78 Å². The van der Waals surface area contributed by atoms with Gasteiger partial charge in [-0.3, -0.25) is 14.6 Å². The highest BCUT2D eigenvalue weighted by atomic mass is 32.1. The minimum absolute atomic E-state index is 0.269. The molecule has 1 saturated heterocycles. The third kappa shape index (κ3) is 5.48. The summed E-state index contributed by atoms with van der Waals surface area (Å²) in [5.41, 5.74) is 0. The first-order valence-electron chi connectivity index (χ1n) is 11.9. The monoisotopic (exact) mass is 426 g/mol. The number of ketones is 1. The highest BCUT2D eigenvalue weighted by Gasteiger charge is 2.28. The first kappa shape index (κ1) is 21.5. The molecule has 0 unspecified atom stereocenters. The Bertz CT molecular complexity index is 815. The van der Waals surface area contributed by atoms with Gasteiger partial charge in [0.1, 0.15) is 0 Å². The molecule has 4 nitrogen and oxygen atoms in total. The van der Waals surface area contributed by atoms with E-state index in [1.54, 1.807) is 17.5 Å². The summed E-state index contributed by atoms with van der Waals surface area (Å²) >= 11 is 1.56. The zero-order valence-corrected chi connectivity index (χ0v) is 18.8. The van der Waals surface area contributed by atoms with Crippen LogP contribution in [0.3, 0.4) is 0 Å². The van der Waals surface area contributed by atoms with Gasteiger partial charge in [-0.25, -0.2) is 0 Å². The van der Waals surface area contributed by atoms with Crippen LogP contribution < -0.4 is 0 Å². The van der Waals surface area contributed by atoms with Crippen LogP contribution in [0.15, 0.2) is 24.5 Å². The minimum atomic E-state index is 0.269. The molecule has 0 spiro atoms. The summed E-state index contributed by atoms with van der Waals surface area (Å²) in [5, 5.41) is 1.12. The van der Waals surface area contributed by atoms with Gasteiger partial charge in [0.25, 0.3) is 0 Å². The van der Waals surface area contributed by atoms with Crippen molar-refractivity contribution in [3.8, 4) is 0 Å². The van der Waals surface area contributed by atoms with Crippen LogP contribution in [0.1, 0.15) is 86.7 Å². The molecule has 30 heavy (non-hydrogen) atoms. The second kappa shape index (κ2) is 10.5. The van der Waals surface area contributed by atoms with Gasteiger partial charge in [0.05, 0.1) is 9.58 Å². The summed E-state index contributed by atoms with van der Waals surface area (Å²) < 4.78 is 1.09. The number of nitrogens with zero attached hydrogens (tertiary/aromatic N) is 2. The van der Waals surface area contributed by atoms with Gasteiger partial charge in [0.2, 0.25) is 5.91 Å². The number of aromatic nitrogens is 1. The minimum Gasteiger partial charge on any atom is -0.342 e. The lowest BCUT2D eigenvalue weighted by Gasteiger charge is -2.35. The number of hydrogen-bond donors (Lipinski definition) is 0. The molecule has 0 N–H and O–H groups in total. The number of rotatable bonds is 8. The standard InChI is InChI=1S/C25H34N2O2S/c28-22(23-17-21-11-14-26-18-24(21)30-23)10-6-1-3-7-19-12-15-27(16-13-19)25(29)20-8-4-2-5-9-20/h11,14,17-20H,1-10,12-13,15-16H2. The molecule has 1 saturated carbocycles. The fraction of sp³-hybridized carbons (Fsp3) is 0.640. The molecule has 3 heterocycles. The molecule has 0 atom stereocenters. The molecular weight excluding hydrogens is 392 g/mol. The molecule has 1 aliphatic carbocycles. The van der Waals surface area contributed by atoms with Gasteiger partial charge in [-0.1, -0.05) is 38.5 Å². The Morgan fingerprint density at radius 3 is 2.60 bits per heavy atom. The van der Waals surface area contributed by atoms with Crippen LogP contribution in [0.2, 0.25) is 0 Å². The van der Waals surface area contributed by atoms with Crippen molar-refractivity contribution in [2.45, 2.75) is 77.0 Å². The van der Waals surface area contributed by atoms with Gasteiger partial charge in [-0.15, -0.1) is 11.3 Å². The summed E-state index contributed by atoms with van der Waals surface area (Å²) in [7, 11) is 0. The largest absolute Gasteiger partial charge is 0.342 e. The van der Waals surface area contributed by atoms with Crippen LogP contribution in [-0.2, 0) is 4.79 Å². The molecule has 0 aromatic carbocycles.